The van der Waals surface area contributed by atoms with Crippen LogP contribution in [0.15, 0.2) is 18.2 Å². The number of hydrogen-bond acceptors (Lipinski definition) is 3. The monoisotopic (exact) mass is 248 g/mol. The number of hydrazine groups is 1. The lowest BCUT2D eigenvalue weighted by Gasteiger charge is -2.13. The van der Waals surface area contributed by atoms with Gasteiger partial charge in [0, 0.05) is 5.02 Å². The second kappa shape index (κ2) is 5.21. The minimum Gasteiger partial charge on any atom is -0.479 e. The molecule has 0 saturated heterocycles. The average Bonchev–Trinajstić information content (AvgIpc) is 2.20. The third-order valence-corrected chi connectivity index (χ3v) is 2.24. The molecule has 0 saturated carbocycles. The highest BCUT2D eigenvalue weighted by Gasteiger charge is 2.14. The Balaban J connectivity index is 2.76. The Labute approximate surface area is 97.3 Å². The van der Waals surface area contributed by atoms with E-state index >= 15 is 0 Å². The van der Waals surface area contributed by atoms with Gasteiger partial charge in [-0.2, -0.15) is 0 Å². The molecule has 0 aliphatic rings. The van der Waals surface area contributed by atoms with E-state index < -0.39 is 12.0 Å². The number of benzene rings is 1. The Bertz CT molecular complexity index is 371. The lowest BCUT2D eigenvalue weighted by molar-refractivity contribution is -0.127. The standard InChI is InChI=1S/C9H10Cl2N2O2/c1-5(9(14)13-12)15-8-3-2-6(10)4-7(8)11/h2-5H,12H2,1H3,(H,13,14)/t5-/m0/s1. The van der Waals surface area contributed by atoms with Gasteiger partial charge in [-0.15, -0.1) is 0 Å². The van der Waals surface area contributed by atoms with Gasteiger partial charge in [0.2, 0.25) is 0 Å². The summed E-state index contributed by atoms with van der Waals surface area (Å²) in [5, 5.41) is 0.849. The predicted molar refractivity (Wildman–Crippen MR) is 58.9 cm³/mol. The molecule has 1 rings (SSSR count). The van der Waals surface area contributed by atoms with Crippen LogP contribution in [0.1, 0.15) is 6.92 Å². The molecule has 0 aliphatic carbocycles. The third-order valence-electron chi connectivity index (χ3n) is 1.71. The van der Waals surface area contributed by atoms with Crippen LogP contribution in [0.4, 0.5) is 0 Å². The minimum atomic E-state index is -0.714. The zero-order chi connectivity index (χ0) is 11.4. The number of rotatable bonds is 3. The molecule has 0 spiro atoms. The third kappa shape index (κ3) is 3.27. The lowest BCUT2D eigenvalue weighted by atomic mass is 10.3. The normalized spacial score (nSPS) is 12.0. The van der Waals surface area contributed by atoms with Crippen molar-refractivity contribution in [2.45, 2.75) is 13.0 Å². The molecule has 0 unspecified atom stereocenters. The van der Waals surface area contributed by atoms with Crippen LogP contribution in [-0.2, 0) is 4.79 Å². The number of halogens is 2. The van der Waals surface area contributed by atoms with Gasteiger partial charge in [0.25, 0.3) is 5.91 Å². The highest BCUT2D eigenvalue weighted by Crippen LogP contribution is 2.28. The van der Waals surface area contributed by atoms with E-state index in [4.69, 9.17) is 33.8 Å². The Morgan fingerprint density at radius 3 is 2.73 bits per heavy atom. The van der Waals surface area contributed by atoms with Crippen molar-refractivity contribution in [1.82, 2.24) is 5.43 Å². The summed E-state index contributed by atoms with van der Waals surface area (Å²) in [5.74, 6) is 4.91. The highest BCUT2D eigenvalue weighted by molar-refractivity contribution is 6.35. The van der Waals surface area contributed by atoms with Gasteiger partial charge in [-0.05, 0) is 25.1 Å². The summed E-state index contributed by atoms with van der Waals surface area (Å²) in [4.78, 5) is 11.1. The van der Waals surface area contributed by atoms with Gasteiger partial charge in [0.15, 0.2) is 6.10 Å². The fourth-order valence-corrected chi connectivity index (χ4v) is 1.39. The van der Waals surface area contributed by atoms with Crippen LogP contribution >= 0.6 is 23.2 Å². The molecule has 1 amide bonds. The summed E-state index contributed by atoms with van der Waals surface area (Å²) in [5.41, 5.74) is 1.98. The van der Waals surface area contributed by atoms with Crippen molar-refractivity contribution in [2.24, 2.45) is 5.84 Å². The summed E-state index contributed by atoms with van der Waals surface area (Å²) in [6.07, 6.45) is -0.714. The minimum absolute atomic E-state index is 0.346. The number of carbonyl (C=O) groups is 1. The first kappa shape index (κ1) is 12.1. The van der Waals surface area contributed by atoms with Crippen LogP contribution in [0, 0.1) is 0 Å². The van der Waals surface area contributed by atoms with Gasteiger partial charge >= 0.3 is 0 Å². The SMILES string of the molecule is C[C@H](Oc1ccc(Cl)cc1Cl)C(=O)NN. The van der Waals surface area contributed by atoms with Crippen molar-refractivity contribution in [3.8, 4) is 5.75 Å². The number of amides is 1. The molecule has 0 heterocycles. The molecule has 0 aliphatic heterocycles. The van der Waals surface area contributed by atoms with Gasteiger partial charge in [-0.3, -0.25) is 10.2 Å². The van der Waals surface area contributed by atoms with E-state index in [0.29, 0.717) is 15.8 Å². The predicted octanol–water partition coefficient (Wildman–Crippen LogP) is 1.75. The van der Waals surface area contributed by atoms with Crippen LogP contribution in [0.2, 0.25) is 10.0 Å². The quantitative estimate of drug-likeness (QED) is 0.487. The molecule has 3 N–H and O–H groups in total. The zero-order valence-corrected chi connectivity index (χ0v) is 9.47. The number of nitrogens with one attached hydrogen (secondary N) is 1. The van der Waals surface area contributed by atoms with E-state index in [2.05, 4.69) is 0 Å². The van der Waals surface area contributed by atoms with Gasteiger partial charge in [0.1, 0.15) is 5.75 Å². The van der Waals surface area contributed by atoms with Gasteiger partial charge in [-0.1, -0.05) is 23.2 Å². The summed E-state index contributed by atoms with van der Waals surface area (Å²) in [6.45, 7) is 1.56. The van der Waals surface area contributed by atoms with Crippen molar-refractivity contribution in [1.29, 1.82) is 0 Å². The van der Waals surface area contributed by atoms with E-state index in [1.54, 1.807) is 19.1 Å². The first-order valence-electron chi connectivity index (χ1n) is 4.16. The van der Waals surface area contributed by atoms with E-state index in [1.165, 1.54) is 6.07 Å². The molecule has 1 atom stereocenters. The molecule has 15 heavy (non-hydrogen) atoms. The molecular formula is C9H10Cl2N2O2. The summed E-state index contributed by atoms with van der Waals surface area (Å²) in [7, 11) is 0. The number of carbonyl (C=O) groups excluding carboxylic acids is 1. The first-order valence-corrected chi connectivity index (χ1v) is 4.92. The van der Waals surface area contributed by atoms with Crippen molar-refractivity contribution in [3.05, 3.63) is 28.2 Å². The molecule has 0 fully saturated rings. The van der Waals surface area contributed by atoms with Gasteiger partial charge < -0.3 is 4.74 Å². The zero-order valence-electron chi connectivity index (χ0n) is 7.96. The average molecular weight is 249 g/mol. The number of hydrogen-bond donors (Lipinski definition) is 2. The maximum Gasteiger partial charge on any atom is 0.274 e. The fraction of sp³-hybridized carbons (Fsp3) is 0.222. The van der Waals surface area contributed by atoms with Crippen molar-refractivity contribution >= 4 is 29.1 Å². The highest BCUT2D eigenvalue weighted by atomic mass is 35.5. The van der Waals surface area contributed by atoms with Gasteiger partial charge in [0.05, 0.1) is 5.02 Å². The van der Waals surface area contributed by atoms with E-state index in [1.807, 2.05) is 5.43 Å². The van der Waals surface area contributed by atoms with Crippen LogP contribution in [0.25, 0.3) is 0 Å². The second-order valence-corrected chi connectivity index (χ2v) is 3.69. The van der Waals surface area contributed by atoms with E-state index in [-0.39, 0.29) is 0 Å². The Hall–Kier alpha value is -0.970. The molecule has 82 valence electrons. The molecular weight excluding hydrogens is 239 g/mol. The van der Waals surface area contributed by atoms with Crippen LogP contribution in [-0.4, -0.2) is 12.0 Å². The summed E-state index contributed by atoms with van der Waals surface area (Å²) >= 11 is 11.6. The molecule has 0 bridgehead atoms. The second-order valence-electron chi connectivity index (χ2n) is 2.84. The van der Waals surface area contributed by atoms with Crippen LogP contribution < -0.4 is 16.0 Å². The molecule has 0 aromatic heterocycles. The van der Waals surface area contributed by atoms with Crippen LogP contribution in [0.3, 0.4) is 0 Å². The lowest BCUT2D eigenvalue weighted by Crippen LogP contribution is -2.40. The summed E-state index contributed by atoms with van der Waals surface area (Å²) < 4.78 is 5.27. The van der Waals surface area contributed by atoms with Crippen molar-refractivity contribution in [2.75, 3.05) is 0 Å². The van der Waals surface area contributed by atoms with E-state index in [9.17, 15) is 4.79 Å². The van der Waals surface area contributed by atoms with E-state index in [0.717, 1.165) is 0 Å². The van der Waals surface area contributed by atoms with Crippen LogP contribution in [0.5, 0.6) is 5.75 Å². The maximum atomic E-state index is 11.1. The molecule has 1 aromatic carbocycles. The molecule has 1 aromatic rings. The smallest absolute Gasteiger partial charge is 0.274 e. The van der Waals surface area contributed by atoms with Gasteiger partial charge in [-0.25, -0.2) is 5.84 Å². The first-order chi connectivity index (χ1) is 7.04. The van der Waals surface area contributed by atoms with Crippen molar-refractivity contribution in [3.63, 3.8) is 0 Å². The molecule has 6 heteroatoms. The largest absolute Gasteiger partial charge is 0.479 e. The Kier molecular flexibility index (Phi) is 4.20. The summed E-state index contributed by atoms with van der Waals surface area (Å²) in [6, 6.07) is 4.74. The number of ether oxygens (including phenoxy) is 1. The number of nitrogens with two attached hydrogens (primary N) is 1. The molecule has 4 nitrogen and oxygen atoms in total. The Morgan fingerprint density at radius 1 is 1.53 bits per heavy atom. The van der Waals surface area contributed by atoms with Crippen molar-refractivity contribution < 1.29 is 9.53 Å². The Morgan fingerprint density at radius 2 is 2.20 bits per heavy atom. The molecule has 0 radical (unpaired) electrons. The topological polar surface area (TPSA) is 64.3 Å². The maximum absolute atomic E-state index is 11.1. The fourth-order valence-electron chi connectivity index (χ4n) is 0.932.